The lowest BCUT2D eigenvalue weighted by Gasteiger charge is -2.11. The SMILES string of the molecule is CCCCc1ccc(C=C(C)C(=O)c2c(O)cc(C(C)CCC=CNC(=O)O)oc2=O)cc1. The first kappa shape index (κ1) is 25.6. The van der Waals surface area contributed by atoms with Crippen molar-refractivity contribution in [2.24, 2.45) is 0 Å². The number of benzene rings is 1. The molecule has 2 rings (SSSR count). The van der Waals surface area contributed by atoms with Gasteiger partial charge in [0, 0.05) is 18.2 Å². The summed E-state index contributed by atoms with van der Waals surface area (Å²) in [5, 5.41) is 21.0. The number of allylic oxidation sites excluding steroid dienone is 2. The van der Waals surface area contributed by atoms with Crippen LogP contribution in [0.4, 0.5) is 4.79 Å². The molecule has 1 amide bonds. The molecule has 0 bridgehead atoms. The summed E-state index contributed by atoms with van der Waals surface area (Å²) in [4.78, 5) is 35.7. The van der Waals surface area contributed by atoms with Gasteiger partial charge in [0.15, 0.2) is 5.78 Å². The third-order valence-electron chi connectivity index (χ3n) is 5.29. The second-order valence-corrected chi connectivity index (χ2v) is 8.03. The van der Waals surface area contributed by atoms with Crippen LogP contribution in [0.5, 0.6) is 5.75 Å². The molecule has 1 heterocycles. The highest BCUT2D eigenvalue weighted by Crippen LogP contribution is 2.26. The molecule has 1 aromatic heterocycles. The highest BCUT2D eigenvalue weighted by atomic mass is 16.4. The molecule has 7 heteroatoms. The Labute approximate surface area is 193 Å². The maximum absolute atomic E-state index is 12.8. The highest BCUT2D eigenvalue weighted by Gasteiger charge is 2.22. The number of aromatic hydroxyl groups is 1. The van der Waals surface area contributed by atoms with Gasteiger partial charge in [0.05, 0.1) is 0 Å². The predicted molar refractivity (Wildman–Crippen MR) is 128 cm³/mol. The Morgan fingerprint density at radius 1 is 1.21 bits per heavy atom. The molecule has 0 radical (unpaired) electrons. The minimum Gasteiger partial charge on any atom is -0.507 e. The Morgan fingerprint density at radius 3 is 2.52 bits per heavy atom. The average Bonchev–Trinajstić information content (AvgIpc) is 2.77. The second kappa shape index (κ2) is 12.4. The van der Waals surface area contributed by atoms with Gasteiger partial charge in [-0.15, -0.1) is 0 Å². The van der Waals surface area contributed by atoms with E-state index in [2.05, 4.69) is 12.2 Å². The zero-order valence-corrected chi connectivity index (χ0v) is 19.3. The van der Waals surface area contributed by atoms with Crippen LogP contribution in [0.3, 0.4) is 0 Å². The van der Waals surface area contributed by atoms with Crippen molar-refractivity contribution in [3.63, 3.8) is 0 Å². The minimum absolute atomic E-state index is 0.218. The number of ketones is 1. The van der Waals surface area contributed by atoms with E-state index in [1.165, 1.54) is 17.8 Å². The van der Waals surface area contributed by atoms with Crippen molar-refractivity contribution in [1.29, 1.82) is 0 Å². The molecule has 2 aromatic rings. The number of amides is 1. The molecule has 0 aliphatic carbocycles. The normalized spacial score (nSPS) is 12.6. The standard InChI is InChI=1S/C26H31NO6/c1-4-5-9-19-10-12-20(13-11-19)15-18(3)24(29)23-21(28)16-22(33-25(23)30)17(2)8-6-7-14-27-26(31)32/h7,10-17,27-28H,4-6,8-9H2,1-3H3,(H,31,32). The molecule has 0 aliphatic rings. The molecule has 176 valence electrons. The van der Waals surface area contributed by atoms with Gasteiger partial charge in [-0.3, -0.25) is 10.1 Å². The van der Waals surface area contributed by atoms with Gasteiger partial charge in [0.1, 0.15) is 17.1 Å². The lowest BCUT2D eigenvalue weighted by Crippen LogP contribution is -2.16. The Morgan fingerprint density at radius 2 is 1.91 bits per heavy atom. The molecule has 33 heavy (non-hydrogen) atoms. The topological polar surface area (TPSA) is 117 Å². The lowest BCUT2D eigenvalue weighted by molar-refractivity contribution is 0.102. The smallest absolute Gasteiger partial charge is 0.408 e. The van der Waals surface area contributed by atoms with Crippen molar-refractivity contribution >= 4 is 18.0 Å². The van der Waals surface area contributed by atoms with E-state index in [4.69, 9.17) is 9.52 Å². The molecule has 1 aromatic carbocycles. The molecule has 3 N–H and O–H groups in total. The van der Waals surface area contributed by atoms with Gasteiger partial charge in [-0.2, -0.15) is 0 Å². The Balaban J connectivity index is 2.12. The first-order chi connectivity index (χ1) is 15.7. The number of unbranched alkanes of at least 4 members (excludes halogenated alkanes) is 1. The molecule has 0 saturated heterocycles. The van der Waals surface area contributed by atoms with Crippen molar-refractivity contribution in [3.05, 3.63) is 81.1 Å². The van der Waals surface area contributed by atoms with Gasteiger partial charge in [-0.25, -0.2) is 9.59 Å². The summed E-state index contributed by atoms with van der Waals surface area (Å²) in [5.74, 6) is -0.954. The molecule has 0 saturated carbocycles. The lowest BCUT2D eigenvalue weighted by atomic mass is 9.99. The quantitative estimate of drug-likeness (QED) is 0.299. The molecule has 1 atom stereocenters. The van der Waals surface area contributed by atoms with Crippen LogP contribution in [-0.2, 0) is 6.42 Å². The van der Waals surface area contributed by atoms with E-state index in [9.17, 15) is 19.5 Å². The second-order valence-electron chi connectivity index (χ2n) is 8.03. The van der Waals surface area contributed by atoms with Gasteiger partial charge >= 0.3 is 11.7 Å². The van der Waals surface area contributed by atoms with Gasteiger partial charge < -0.3 is 14.6 Å². The van der Waals surface area contributed by atoms with Crippen molar-refractivity contribution in [1.82, 2.24) is 5.32 Å². The molecule has 0 fully saturated rings. The summed E-state index contributed by atoms with van der Waals surface area (Å²) in [6.07, 6.45) is 7.83. The van der Waals surface area contributed by atoms with Crippen molar-refractivity contribution in [3.8, 4) is 5.75 Å². The number of carbonyl (C=O) groups is 2. The third-order valence-corrected chi connectivity index (χ3v) is 5.29. The van der Waals surface area contributed by atoms with Crippen LogP contribution in [0.25, 0.3) is 6.08 Å². The number of carbonyl (C=O) groups excluding carboxylic acids is 1. The summed E-state index contributed by atoms with van der Waals surface area (Å²) in [5.41, 5.74) is 1.11. The average molecular weight is 454 g/mol. The van der Waals surface area contributed by atoms with Crippen molar-refractivity contribution < 1.29 is 24.2 Å². The first-order valence-electron chi connectivity index (χ1n) is 11.1. The van der Waals surface area contributed by atoms with Crippen molar-refractivity contribution in [2.75, 3.05) is 0 Å². The largest absolute Gasteiger partial charge is 0.507 e. The number of aryl methyl sites for hydroxylation is 1. The molecule has 0 aliphatic heterocycles. The number of Topliss-reactive ketones (excluding diaryl/α,β-unsaturated/α-hetero) is 1. The maximum atomic E-state index is 12.8. The van der Waals surface area contributed by atoms with Gasteiger partial charge in [-0.1, -0.05) is 50.6 Å². The fraction of sp³-hybridized carbons (Fsp3) is 0.346. The summed E-state index contributed by atoms with van der Waals surface area (Å²) in [6.45, 7) is 5.55. The van der Waals surface area contributed by atoms with E-state index >= 15 is 0 Å². The predicted octanol–water partition coefficient (Wildman–Crippen LogP) is 5.64. The Kier molecular flexibility index (Phi) is 9.66. The van der Waals surface area contributed by atoms with Gasteiger partial charge in [-0.05, 0) is 55.4 Å². The first-order valence-corrected chi connectivity index (χ1v) is 11.1. The fourth-order valence-corrected chi connectivity index (χ4v) is 3.33. The molecule has 1 unspecified atom stereocenters. The monoisotopic (exact) mass is 453 g/mol. The number of nitrogens with one attached hydrogen (secondary N) is 1. The van der Waals surface area contributed by atoms with E-state index in [-0.39, 0.29) is 17.2 Å². The number of hydrogen-bond acceptors (Lipinski definition) is 5. The fourth-order valence-electron chi connectivity index (χ4n) is 3.33. The zero-order valence-electron chi connectivity index (χ0n) is 19.3. The Bertz CT molecular complexity index is 1080. The van der Waals surface area contributed by atoms with Gasteiger partial charge in [0.25, 0.3) is 0 Å². The zero-order chi connectivity index (χ0) is 24.4. The molecule has 0 spiro atoms. The third kappa shape index (κ3) is 7.79. The minimum atomic E-state index is -1.15. The maximum Gasteiger partial charge on any atom is 0.408 e. The molecule has 7 nitrogen and oxygen atoms in total. The van der Waals surface area contributed by atoms with E-state index in [1.807, 2.05) is 31.2 Å². The number of rotatable bonds is 11. The van der Waals surface area contributed by atoms with E-state index in [0.717, 1.165) is 24.8 Å². The van der Waals surface area contributed by atoms with Crippen LogP contribution < -0.4 is 10.9 Å². The summed E-state index contributed by atoms with van der Waals surface area (Å²) in [6, 6.07) is 9.20. The van der Waals surface area contributed by atoms with E-state index in [0.29, 0.717) is 18.4 Å². The van der Waals surface area contributed by atoms with Crippen molar-refractivity contribution in [2.45, 2.75) is 58.8 Å². The van der Waals surface area contributed by atoms with E-state index < -0.39 is 23.3 Å². The van der Waals surface area contributed by atoms with Crippen LogP contribution in [-0.4, -0.2) is 22.1 Å². The molecular formula is C26H31NO6. The Hall–Kier alpha value is -3.61. The number of carboxylic acid groups (broad SMARTS) is 1. The van der Waals surface area contributed by atoms with Crippen LogP contribution in [0.1, 0.15) is 79.6 Å². The van der Waals surface area contributed by atoms with Crippen LogP contribution >= 0.6 is 0 Å². The summed E-state index contributed by atoms with van der Waals surface area (Å²) >= 11 is 0. The number of hydrogen-bond donors (Lipinski definition) is 3. The summed E-state index contributed by atoms with van der Waals surface area (Å²) < 4.78 is 5.32. The van der Waals surface area contributed by atoms with Gasteiger partial charge in [0.2, 0.25) is 0 Å². The highest BCUT2D eigenvalue weighted by molar-refractivity contribution is 6.12. The van der Waals surface area contributed by atoms with Crippen LogP contribution in [0, 0.1) is 0 Å². The van der Waals surface area contributed by atoms with E-state index in [1.54, 1.807) is 19.1 Å². The van der Waals surface area contributed by atoms with Crippen LogP contribution in [0.2, 0.25) is 0 Å². The molecular weight excluding hydrogens is 422 g/mol. The van der Waals surface area contributed by atoms with Crippen LogP contribution in [0.15, 0.2) is 57.4 Å². The summed E-state index contributed by atoms with van der Waals surface area (Å²) in [7, 11) is 0.